The zero-order chi connectivity index (χ0) is 86.8. The molecule has 0 spiro atoms. The van der Waals surface area contributed by atoms with Gasteiger partial charge >= 0.3 is 0 Å². The highest BCUT2D eigenvalue weighted by Gasteiger charge is 2.32. The number of ether oxygens (including phenoxy) is 3. The molecule has 0 saturated carbocycles. The molecule has 0 saturated heterocycles. The second-order valence-corrected chi connectivity index (χ2v) is 46.3. The summed E-state index contributed by atoms with van der Waals surface area (Å²) in [7, 11) is -0.698. The summed E-state index contributed by atoms with van der Waals surface area (Å²) < 4.78 is 20.2. The monoisotopic (exact) mass is 1720 g/mol. The fraction of sp³-hybridized carbons (Fsp3) is 0.211. The summed E-state index contributed by atoms with van der Waals surface area (Å²) >= 11 is 0. The molecule has 0 aliphatic carbocycles. The first-order chi connectivity index (χ1) is 59.1. The van der Waals surface area contributed by atoms with Crippen molar-refractivity contribution in [2.24, 2.45) is 0 Å². The van der Waals surface area contributed by atoms with Gasteiger partial charge in [-0.05, 0) is 218 Å². The Morgan fingerprint density at radius 3 is 0.748 bits per heavy atom. The second kappa shape index (κ2) is 41.8. The number of hydrogen-bond donors (Lipinski definition) is 0. The van der Waals surface area contributed by atoms with Crippen molar-refractivity contribution in [1.29, 1.82) is 0 Å². The van der Waals surface area contributed by atoms with Gasteiger partial charge in [-0.25, -0.2) is 0 Å². The summed E-state index contributed by atoms with van der Waals surface area (Å²) in [6.07, 6.45) is 0. The molecular weight excluding hydrogens is 1600 g/mol. The normalized spacial score (nSPS) is 12.0. The van der Waals surface area contributed by atoms with Crippen molar-refractivity contribution >= 4 is 129 Å². The van der Waals surface area contributed by atoms with Gasteiger partial charge in [0.2, 0.25) is 0 Å². The highest BCUT2D eigenvalue weighted by molar-refractivity contribution is 7.82. The molecule has 0 fully saturated rings. The third kappa shape index (κ3) is 23.8. The van der Waals surface area contributed by atoms with E-state index in [0.717, 1.165) is 17.2 Å². The SMILES string of the molecule is Cc1cc(C(C)(C)C)cc(Pc2c(C)cccc2P(c2ccccc2)c2ccccc2)c1OCc1ccccc1.Cc1cc(Pc2c(C)cccc2P(c2ccccc2)c2ccccc2)c(OCc2ccccc2)c(C(C)(C)C)c1.Cc1cccc(P(c2ccccc2)c2ccccc2)c1Pc1cc(C(C)(C)C)cc(C(C)(C)C)c1OCc1ccccc1. The molecule has 3 nitrogen and oxygen atoms in total. The molecule has 0 aliphatic heterocycles. The minimum atomic E-state index is -0.727. The van der Waals surface area contributed by atoms with Gasteiger partial charge in [-0.1, -0.05) is 455 Å². The lowest BCUT2D eigenvalue weighted by Crippen LogP contribution is -2.32. The van der Waals surface area contributed by atoms with Crippen molar-refractivity contribution in [2.75, 3.05) is 0 Å². The van der Waals surface area contributed by atoms with Crippen LogP contribution in [0.5, 0.6) is 17.2 Å². The summed E-state index contributed by atoms with van der Waals surface area (Å²) in [6.45, 7) is 40.5. The van der Waals surface area contributed by atoms with Crippen molar-refractivity contribution in [3.8, 4) is 17.2 Å². The Labute approximate surface area is 745 Å². The Morgan fingerprint density at radius 1 is 0.228 bits per heavy atom. The average molecular weight is 1720 g/mol. The lowest BCUT2D eigenvalue weighted by molar-refractivity contribution is 0.300. The predicted molar refractivity (Wildman–Crippen MR) is 548 cm³/mol. The molecule has 0 heterocycles. The van der Waals surface area contributed by atoms with E-state index in [-0.39, 0.29) is 21.7 Å². The molecule has 0 aromatic heterocycles. The van der Waals surface area contributed by atoms with Crippen LogP contribution in [0.4, 0.5) is 0 Å². The van der Waals surface area contributed by atoms with Crippen LogP contribution in [-0.2, 0) is 41.5 Å². The maximum Gasteiger partial charge on any atom is 0.131 e. The molecule has 0 radical (unpaired) electrons. The largest absolute Gasteiger partial charge is 0.488 e. The van der Waals surface area contributed by atoms with Crippen molar-refractivity contribution in [3.63, 3.8) is 0 Å². The fourth-order valence-electron chi connectivity index (χ4n) is 15.3. The second-order valence-electron chi connectivity index (χ2n) is 35.9. The van der Waals surface area contributed by atoms with Crippen LogP contribution >= 0.6 is 49.5 Å². The van der Waals surface area contributed by atoms with E-state index in [2.05, 4.69) is 482 Å². The lowest BCUT2D eigenvalue weighted by atomic mass is 9.80. The van der Waals surface area contributed by atoms with Crippen LogP contribution in [-0.4, -0.2) is 0 Å². The molecule has 15 aromatic carbocycles. The zero-order valence-corrected chi connectivity index (χ0v) is 80.5. The fourth-order valence-corrected chi connectivity index (χ4v) is 28.1. The Bertz CT molecular complexity index is 5670. The Kier molecular flexibility index (Phi) is 31.0. The Morgan fingerprint density at radius 2 is 0.472 bits per heavy atom. The molecule has 15 aromatic rings. The van der Waals surface area contributed by atoms with Gasteiger partial charge in [0.25, 0.3) is 0 Å². The summed E-state index contributed by atoms with van der Waals surface area (Å²) in [4.78, 5) is 0. The van der Waals surface area contributed by atoms with Crippen LogP contribution in [0.3, 0.4) is 0 Å². The highest BCUT2D eigenvalue weighted by Crippen LogP contribution is 2.43. The third-order valence-corrected chi connectivity index (χ3v) is 34.7. The number of benzene rings is 15. The topological polar surface area (TPSA) is 27.7 Å². The van der Waals surface area contributed by atoms with Crippen LogP contribution < -0.4 is 93.8 Å². The zero-order valence-electron chi connectivity index (χ0n) is 74.8. The van der Waals surface area contributed by atoms with Crippen molar-refractivity contribution < 1.29 is 14.2 Å². The highest BCUT2D eigenvalue weighted by atomic mass is 31.1. The Hall–Kier alpha value is -9.72. The quantitative estimate of drug-likeness (QED) is 0.0564. The summed E-state index contributed by atoms with van der Waals surface area (Å²) in [5.41, 5.74) is 15.3. The molecule has 0 bridgehead atoms. The lowest BCUT2D eigenvalue weighted by Gasteiger charge is -2.30. The molecule has 0 amide bonds. The van der Waals surface area contributed by atoms with E-state index in [1.165, 1.54) is 146 Å². The first kappa shape index (κ1) is 91.0. The van der Waals surface area contributed by atoms with Crippen molar-refractivity contribution in [3.05, 3.63) is 431 Å². The van der Waals surface area contributed by atoms with E-state index >= 15 is 0 Å². The van der Waals surface area contributed by atoms with E-state index in [9.17, 15) is 0 Å². The minimum absolute atomic E-state index is 0.0203. The smallest absolute Gasteiger partial charge is 0.131 e. The van der Waals surface area contributed by atoms with Gasteiger partial charge in [0.05, 0.1) is 0 Å². The predicted octanol–water partition coefficient (Wildman–Crippen LogP) is 23.7. The minimum Gasteiger partial charge on any atom is -0.488 e. The molecule has 9 heteroatoms. The van der Waals surface area contributed by atoms with Gasteiger partial charge in [0.15, 0.2) is 0 Å². The van der Waals surface area contributed by atoms with E-state index in [0.29, 0.717) is 45.6 Å². The molecule has 0 N–H and O–H groups in total. The summed E-state index contributed by atoms with van der Waals surface area (Å²) in [6, 6.07) is 132. The Balaban J connectivity index is 0.000000159. The van der Waals surface area contributed by atoms with Gasteiger partial charge in [0, 0.05) is 27.0 Å². The number of hydrogen-bond acceptors (Lipinski definition) is 3. The van der Waals surface area contributed by atoms with Crippen LogP contribution in [0.15, 0.2) is 364 Å². The average Bonchev–Trinajstić information content (AvgIpc) is 0.771. The first-order valence-corrected chi connectivity index (χ1v) is 50.0. The van der Waals surface area contributed by atoms with E-state index in [1.807, 2.05) is 0 Å². The maximum absolute atomic E-state index is 6.84. The van der Waals surface area contributed by atoms with Gasteiger partial charge < -0.3 is 14.2 Å². The van der Waals surface area contributed by atoms with Crippen molar-refractivity contribution in [1.82, 2.24) is 0 Å². The number of rotatable bonds is 24. The molecule has 123 heavy (non-hydrogen) atoms. The van der Waals surface area contributed by atoms with Gasteiger partial charge in [-0.3, -0.25) is 0 Å². The third-order valence-electron chi connectivity index (χ3n) is 22.0. The van der Waals surface area contributed by atoms with E-state index in [4.69, 9.17) is 14.2 Å². The van der Waals surface area contributed by atoms with E-state index < -0.39 is 23.8 Å². The van der Waals surface area contributed by atoms with Gasteiger partial charge in [-0.2, -0.15) is 0 Å². The number of aryl methyl sites for hydroxylation is 5. The van der Waals surface area contributed by atoms with Crippen LogP contribution in [0, 0.1) is 34.6 Å². The molecule has 0 aliphatic rings. The molecular formula is C114H120O3P6. The van der Waals surface area contributed by atoms with Gasteiger partial charge in [-0.15, -0.1) is 0 Å². The van der Waals surface area contributed by atoms with Gasteiger partial charge in [0.1, 0.15) is 37.1 Å². The molecule has 3 atom stereocenters. The van der Waals surface area contributed by atoms with Crippen LogP contribution in [0.2, 0.25) is 0 Å². The van der Waals surface area contributed by atoms with Crippen molar-refractivity contribution in [2.45, 2.75) is 159 Å². The molecule has 3 unspecified atom stereocenters. The molecule has 624 valence electrons. The standard InChI is InChI=1S/C40H44OP2.2C37H38OP2/c1-29-18-17-25-36(43(32-21-13-9-14-22-32)33-23-15-10-16-24-33)38(29)42-35-27-31(39(2,3)4)26-34(40(5,6)7)37(35)41-28-30-19-11-8-12-20-30;1-27-24-32(37(3,4)5)35(38-26-29-17-9-6-10-18-29)33(25-27)39-36-28(2)16-15-23-34(36)40(30-19-11-7-12-20-30)31-21-13-8-14-22-31;1-27-16-15-23-34(40(31-19-11-7-12-20-31)32-21-13-8-14-22-32)36(27)39-33-25-30(37(3,4)5)24-28(2)35(33)38-26-29-17-9-6-10-18-29/h8-27,42H,28H2,1-7H3;2*6-25,39H,26H2,1-5H3. The van der Waals surface area contributed by atoms with Crippen LogP contribution in [0.1, 0.15) is 150 Å². The molecule has 15 rings (SSSR count). The first-order valence-electron chi connectivity index (χ1n) is 42.9. The van der Waals surface area contributed by atoms with E-state index in [1.54, 1.807) is 0 Å². The van der Waals surface area contributed by atoms with Crippen LogP contribution in [0.25, 0.3) is 0 Å². The maximum atomic E-state index is 6.84. The summed E-state index contributed by atoms with van der Waals surface area (Å²) in [5.74, 6) is 3.10. The summed E-state index contributed by atoms with van der Waals surface area (Å²) in [5, 5.41) is 20.7.